The Morgan fingerprint density at radius 3 is 2.71 bits per heavy atom. The van der Waals surface area contributed by atoms with E-state index in [4.69, 9.17) is 11.6 Å². The van der Waals surface area contributed by atoms with Crippen molar-refractivity contribution in [3.63, 3.8) is 0 Å². The van der Waals surface area contributed by atoms with Crippen molar-refractivity contribution in [2.75, 3.05) is 7.11 Å². The van der Waals surface area contributed by atoms with Crippen molar-refractivity contribution in [2.45, 2.75) is 0 Å². The van der Waals surface area contributed by atoms with Gasteiger partial charge >= 0.3 is 5.97 Å². The van der Waals surface area contributed by atoms with Gasteiger partial charge in [-0.05, 0) is 12.1 Å². The maximum Gasteiger partial charge on any atom is 0.339 e. The van der Waals surface area contributed by atoms with E-state index in [1.807, 2.05) is 0 Å². The van der Waals surface area contributed by atoms with Crippen molar-refractivity contribution in [1.82, 2.24) is 0 Å². The summed E-state index contributed by atoms with van der Waals surface area (Å²) >= 11 is 8.91. The molecule has 0 spiro atoms. The molecule has 0 saturated carbocycles. The zero-order chi connectivity index (χ0) is 10.7. The number of rotatable bonds is 2. The summed E-state index contributed by atoms with van der Waals surface area (Å²) in [7, 11) is 1.26. The first-order valence-electron chi connectivity index (χ1n) is 3.62. The molecule has 0 fully saturated rings. The molecule has 0 aromatic heterocycles. The minimum atomic E-state index is -0.534. The molecule has 0 N–H and O–H groups in total. The Morgan fingerprint density at radius 1 is 1.57 bits per heavy atom. The largest absolute Gasteiger partial charge is 0.465 e. The van der Waals surface area contributed by atoms with Crippen LogP contribution < -0.4 is 0 Å². The summed E-state index contributed by atoms with van der Waals surface area (Å²) in [6.07, 6.45) is 0.650. The number of esters is 1. The highest BCUT2D eigenvalue weighted by atomic mass is 79.9. The van der Waals surface area contributed by atoms with E-state index in [2.05, 4.69) is 20.7 Å². The predicted octanol–water partition coefficient (Wildman–Crippen LogP) is 2.70. The first-order chi connectivity index (χ1) is 6.60. The summed E-state index contributed by atoms with van der Waals surface area (Å²) in [5, 5.41) is 0.196. The normalized spacial score (nSPS) is 9.64. The molecule has 14 heavy (non-hydrogen) atoms. The van der Waals surface area contributed by atoms with Gasteiger partial charge in [0.05, 0.1) is 17.7 Å². The molecule has 0 aliphatic heterocycles. The van der Waals surface area contributed by atoms with Gasteiger partial charge < -0.3 is 4.74 Å². The zero-order valence-electron chi connectivity index (χ0n) is 7.21. The van der Waals surface area contributed by atoms with Crippen LogP contribution in [0.25, 0.3) is 0 Å². The van der Waals surface area contributed by atoms with Gasteiger partial charge in [0.15, 0.2) is 6.29 Å². The van der Waals surface area contributed by atoms with Crippen molar-refractivity contribution in [3.05, 3.63) is 32.8 Å². The van der Waals surface area contributed by atoms with E-state index in [0.717, 1.165) is 0 Å². The second-order valence-corrected chi connectivity index (χ2v) is 3.72. The molecule has 0 heterocycles. The summed E-state index contributed by atoms with van der Waals surface area (Å²) in [5.74, 6) is -0.534. The highest BCUT2D eigenvalue weighted by Crippen LogP contribution is 2.25. The van der Waals surface area contributed by atoms with E-state index in [1.165, 1.54) is 19.2 Å². The quantitative estimate of drug-likeness (QED) is 0.616. The number of methoxy groups -OCH3 is 1. The van der Waals surface area contributed by atoms with Gasteiger partial charge in [-0.3, -0.25) is 4.79 Å². The maximum atomic E-state index is 11.2. The summed E-state index contributed by atoms with van der Waals surface area (Å²) in [6, 6.07) is 2.86. The van der Waals surface area contributed by atoms with Gasteiger partial charge in [-0.1, -0.05) is 27.5 Å². The molecule has 3 nitrogen and oxygen atoms in total. The molecule has 1 rings (SSSR count). The van der Waals surface area contributed by atoms with Crippen LogP contribution in [0.2, 0.25) is 5.02 Å². The fraction of sp³-hybridized carbons (Fsp3) is 0.111. The van der Waals surface area contributed by atoms with Crippen molar-refractivity contribution >= 4 is 39.8 Å². The van der Waals surface area contributed by atoms with Crippen LogP contribution in [0.15, 0.2) is 16.6 Å². The number of carbonyl (C=O) groups is 2. The smallest absolute Gasteiger partial charge is 0.339 e. The van der Waals surface area contributed by atoms with Crippen LogP contribution in [0.5, 0.6) is 0 Å². The van der Waals surface area contributed by atoms with Crippen LogP contribution in [-0.4, -0.2) is 19.4 Å². The summed E-state index contributed by atoms with van der Waals surface area (Å²) in [4.78, 5) is 21.7. The van der Waals surface area contributed by atoms with Gasteiger partial charge in [-0.2, -0.15) is 0 Å². The number of ether oxygens (including phenoxy) is 1. The standard InChI is InChI=1S/C9H6BrClO3/c1-14-9(13)6-3-7(10)5(4-12)2-8(6)11/h2-4H,1H3. The third-order valence-electron chi connectivity index (χ3n) is 1.62. The van der Waals surface area contributed by atoms with Crippen molar-refractivity contribution in [3.8, 4) is 0 Å². The van der Waals surface area contributed by atoms with Gasteiger partial charge in [-0.15, -0.1) is 0 Å². The van der Waals surface area contributed by atoms with Crippen LogP contribution in [0.1, 0.15) is 20.7 Å². The van der Waals surface area contributed by atoms with E-state index in [1.54, 1.807) is 0 Å². The maximum absolute atomic E-state index is 11.2. The average molecular weight is 278 g/mol. The minimum absolute atomic E-state index is 0.196. The first-order valence-corrected chi connectivity index (χ1v) is 4.79. The summed E-state index contributed by atoms with van der Waals surface area (Å²) < 4.78 is 5.02. The molecule has 0 aliphatic rings. The van der Waals surface area contributed by atoms with Gasteiger partial charge in [0.2, 0.25) is 0 Å². The fourth-order valence-electron chi connectivity index (χ4n) is 0.919. The molecule has 0 saturated heterocycles. The lowest BCUT2D eigenvalue weighted by atomic mass is 10.1. The Hall–Kier alpha value is -0.870. The molecule has 0 radical (unpaired) electrons. The minimum Gasteiger partial charge on any atom is -0.465 e. The summed E-state index contributed by atoms with van der Waals surface area (Å²) in [6.45, 7) is 0. The molecule has 0 atom stereocenters. The molecule has 0 aliphatic carbocycles. The van der Waals surface area contributed by atoms with Crippen LogP contribution in [-0.2, 0) is 4.74 Å². The Bertz CT molecular complexity index is 390. The van der Waals surface area contributed by atoms with Crippen molar-refractivity contribution in [1.29, 1.82) is 0 Å². The number of aldehydes is 1. The monoisotopic (exact) mass is 276 g/mol. The lowest BCUT2D eigenvalue weighted by Crippen LogP contribution is -2.03. The highest BCUT2D eigenvalue weighted by molar-refractivity contribution is 9.10. The van der Waals surface area contributed by atoms with Gasteiger partial charge in [-0.25, -0.2) is 4.79 Å². The topological polar surface area (TPSA) is 43.4 Å². The third-order valence-corrected chi connectivity index (χ3v) is 2.62. The van der Waals surface area contributed by atoms with Crippen LogP contribution in [0.4, 0.5) is 0 Å². The molecule has 0 bridgehead atoms. The molecule has 1 aromatic rings. The zero-order valence-corrected chi connectivity index (χ0v) is 9.55. The Balaban J connectivity index is 3.28. The van der Waals surface area contributed by atoms with Crippen LogP contribution >= 0.6 is 27.5 Å². The third kappa shape index (κ3) is 2.13. The van der Waals surface area contributed by atoms with Crippen molar-refractivity contribution in [2.24, 2.45) is 0 Å². The molecular formula is C9H6BrClO3. The van der Waals surface area contributed by atoms with E-state index in [9.17, 15) is 9.59 Å². The number of hydrogen-bond acceptors (Lipinski definition) is 3. The second kappa shape index (κ2) is 4.57. The lowest BCUT2D eigenvalue weighted by molar-refractivity contribution is 0.0600. The molecule has 0 unspecified atom stereocenters. The van der Waals surface area contributed by atoms with Crippen molar-refractivity contribution < 1.29 is 14.3 Å². The molecule has 5 heteroatoms. The predicted molar refractivity (Wildman–Crippen MR) is 55.9 cm³/mol. The van der Waals surface area contributed by atoms with E-state index in [-0.39, 0.29) is 10.6 Å². The molecule has 0 amide bonds. The lowest BCUT2D eigenvalue weighted by Gasteiger charge is -2.04. The first kappa shape index (κ1) is 11.2. The van der Waals surface area contributed by atoms with E-state index in [0.29, 0.717) is 16.3 Å². The fourth-order valence-corrected chi connectivity index (χ4v) is 1.61. The molecule has 1 aromatic carbocycles. The van der Waals surface area contributed by atoms with Gasteiger partial charge in [0.1, 0.15) is 0 Å². The Kier molecular flexibility index (Phi) is 3.66. The molecule has 74 valence electrons. The van der Waals surface area contributed by atoms with Gasteiger partial charge in [0.25, 0.3) is 0 Å². The number of halogens is 2. The number of benzene rings is 1. The van der Waals surface area contributed by atoms with E-state index < -0.39 is 5.97 Å². The van der Waals surface area contributed by atoms with Crippen LogP contribution in [0.3, 0.4) is 0 Å². The second-order valence-electron chi connectivity index (χ2n) is 2.46. The van der Waals surface area contributed by atoms with E-state index >= 15 is 0 Å². The Labute approximate surface area is 94.1 Å². The summed E-state index contributed by atoms with van der Waals surface area (Å²) in [5.41, 5.74) is 0.620. The van der Waals surface area contributed by atoms with Gasteiger partial charge in [0, 0.05) is 10.0 Å². The highest BCUT2D eigenvalue weighted by Gasteiger charge is 2.13. The molecular weight excluding hydrogens is 271 g/mol. The SMILES string of the molecule is COC(=O)c1cc(Br)c(C=O)cc1Cl. The Morgan fingerprint density at radius 2 is 2.21 bits per heavy atom. The average Bonchev–Trinajstić information content (AvgIpc) is 2.19. The van der Waals surface area contributed by atoms with Crippen LogP contribution in [0, 0.1) is 0 Å². The number of carbonyl (C=O) groups excluding carboxylic acids is 2. The number of hydrogen-bond donors (Lipinski definition) is 0.